The van der Waals surface area contributed by atoms with E-state index in [1.54, 1.807) is 32.6 Å². The minimum atomic E-state index is -0.879. The van der Waals surface area contributed by atoms with Crippen LogP contribution in [0.1, 0.15) is 63.3 Å². The van der Waals surface area contributed by atoms with Gasteiger partial charge in [-0.15, -0.1) is 6.42 Å². The van der Waals surface area contributed by atoms with Gasteiger partial charge in [-0.3, -0.25) is 10.8 Å². The summed E-state index contributed by atoms with van der Waals surface area (Å²) in [5.74, 6) is 68.4. The zero-order chi connectivity index (χ0) is 49.0. The van der Waals surface area contributed by atoms with E-state index in [4.69, 9.17) is 20.9 Å². The van der Waals surface area contributed by atoms with Crippen molar-refractivity contribution in [1.29, 1.82) is 0 Å². The first-order chi connectivity index (χ1) is 33.4. The van der Waals surface area contributed by atoms with Gasteiger partial charge < -0.3 is 29.5 Å². The number of methoxy groups -OCH3 is 1. The van der Waals surface area contributed by atoms with Crippen molar-refractivity contribution in [2.75, 3.05) is 19.0 Å². The molecule has 4 aromatic rings. The fourth-order valence-corrected chi connectivity index (χ4v) is 4.66. The molecule has 0 aliphatic rings. The van der Waals surface area contributed by atoms with Crippen LogP contribution in [-0.2, 0) is 6.54 Å². The number of terminal acetylenes is 1. The van der Waals surface area contributed by atoms with Crippen LogP contribution in [0.25, 0.3) is 11.3 Å². The number of anilines is 1. The topological polar surface area (TPSA) is 180 Å². The van der Waals surface area contributed by atoms with Gasteiger partial charge in [-0.2, -0.15) is 0 Å². The van der Waals surface area contributed by atoms with Gasteiger partial charge in [-0.05, 0) is 138 Å². The Bertz CT molecular complexity index is 3230. The standard InChI is InChI=1S/C27H31N5O2.C27H4.H3N5O2.13H2/c1-3-8-23(21-9-5-4-6-10-21)30-27-19-29-18-24(31-27)22-11-12-25(26(17-22)33-2)34-16-7-14-32-15-13-28-20-32;1-3-5-7-9-11-13-15-17-19-21-23-25-27-26-24-22-20-18-16-14-12-10-8-6-4-2;1-2-3-4-5(6)7;;;;;;;;;;;;;/h4-6,9-13,15,17-20,23H,3,7-8,14,16H2,1-2H3,(H,30,31);1H,2H3;(H2,1,3)(H,2,4);13*1H. The first-order valence-electron chi connectivity index (χ1n) is 19.7. The Morgan fingerprint density at radius 2 is 1.38 bits per heavy atom. The fraction of sp³-hybridized carbons (Fsp3) is 0.167. The van der Waals surface area contributed by atoms with Gasteiger partial charge in [0.1, 0.15) is 5.82 Å². The molecule has 2 aromatic heterocycles. The Kier molecular flexibility index (Phi) is 28.6. The minimum Gasteiger partial charge on any atom is -0.493 e. The quantitative estimate of drug-likeness (QED) is 0.0277. The summed E-state index contributed by atoms with van der Waals surface area (Å²) in [4.78, 5) is 22.5. The van der Waals surface area contributed by atoms with Gasteiger partial charge in [0.25, 0.3) is 0 Å². The zero-order valence-corrected chi connectivity index (χ0v) is 37.0. The van der Waals surface area contributed by atoms with Crippen molar-refractivity contribution < 1.29 is 33.1 Å². The number of ether oxygens (including phenoxy) is 2. The van der Waals surface area contributed by atoms with Crippen LogP contribution in [-0.4, -0.2) is 38.3 Å². The summed E-state index contributed by atoms with van der Waals surface area (Å²) in [6.07, 6.45) is 16.9. The Morgan fingerprint density at radius 3 is 1.85 bits per heavy atom. The number of hydrazine groups is 1. The summed E-state index contributed by atoms with van der Waals surface area (Å²) in [6, 6.07) is 16.5. The van der Waals surface area contributed by atoms with E-state index in [0.717, 1.165) is 42.9 Å². The molecule has 0 amide bonds. The number of imidazole rings is 1. The van der Waals surface area contributed by atoms with E-state index in [-0.39, 0.29) is 24.6 Å². The predicted molar refractivity (Wildman–Crippen MR) is 289 cm³/mol. The molecule has 0 radical (unpaired) electrons. The Morgan fingerprint density at radius 1 is 0.809 bits per heavy atom. The lowest BCUT2D eigenvalue weighted by atomic mass is 10.0. The van der Waals surface area contributed by atoms with Crippen molar-refractivity contribution in [3.05, 3.63) is 95.3 Å². The summed E-state index contributed by atoms with van der Waals surface area (Å²) < 4.78 is 13.6. The van der Waals surface area contributed by atoms with Gasteiger partial charge in [0.2, 0.25) is 0 Å². The maximum absolute atomic E-state index is 9.24. The van der Waals surface area contributed by atoms with Crippen molar-refractivity contribution >= 4 is 5.82 Å². The molecule has 0 aliphatic carbocycles. The highest BCUT2D eigenvalue weighted by Gasteiger charge is 2.13. The van der Waals surface area contributed by atoms with Crippen molar-refractivity contribution in [3.8, 4) is 177 Å². The molecule has 0 fully saturated rings. The molecule has 2 heterocycles. The lowest BCUT2D eigenvalue weighted by Gasteiger charge is -2.19. The van der Waals surface area contributed by atoms with Crippen LogP contribution in [0.5, 0.6) is 11.5 Å². The number of nitro groups is 1. The third-order valence-electron chi connectivity index (χ3n) is 7.33. The molecule has 0 saturated heterocycles. The van der Waals surface area contributed by atoms with Crippen LogP contribution in [0.15, 0.2) is 90.1 Å². The molecule has 4 N–H and O–H groups in total. The van der Waals surface area contributed by atoms with E-state index >= 15 is 0 Å². The Hall–Kier alpha value is -11.0. The molecule has 1 unspecified atom stereocenters. The van der Waals surface area contributed by atoms with Crippen LogP contribution in [0, 0.1) is 165 Å². The highest BCUT2D eigenvalue weighted by atomic mass is 16.7. The van der Waals surface area contributed by atoms with Crippen LogP contribution in [0.4, 0.5) is 5.82 Å². The highest BCUT2D eigenvalue weighted by molar-refractivity contribution is 5.64. The number of nitrogens with one attached hydrogen (secondary N) is 2. The zero-order valence-electron chi connectivity index (χ0n) is 37.0. The Balaban J connectivity index is -0.0000000931. The predicted octanol–water partition coefficient (Wildman–Crippen LogP) is 8.66. The van der Waals surface area contributed by atoms with Crippen LogP contribution >= 0.6 is 0 Å². The first kappa shape index (κ1) is 53.1. The van der Waals surface area contributed by atoms with Gasteiger partial charge in [-0.1, -0.05) is 49.6 Å². The number of aromatic nitrogens is 4. The molecule has 0 aliphatic heterocycles. The van der Waals surface area contributed by atoms with Gasteiger partial charge in [-0.25, -0.2) is 9.97 Å². The van der Waals surface area contributed by atoms with Crippen molar-refractivity contribution in [3.63, 3.8) is 0 Å². The van der Waals surface area contributed by atoms with E-state index in [2.05, 4.69) is 211 Å². The van der Waals surface area contributed by atoms with E-state index in [1.807, 2.05) is 41.4 Å². The number of benzene rings is 2. The number of nitrogens with zero attached hydrogens (tertiary/aromatic N) is 7. The minimum absolute atomic E-state index is 0. The second kappa shape index (κ2) is 36.6. The highest BCUT2D eigenvalue weighted by Crippen LogP contribution is 2.32. The molecule has 0 spiro atoms. The average molecular weight is 917 g/mol. The van der Waals surface area contributed by atoms with Gasteiger partial charge in [0, 0.05) is 95.9 Å². The van der Waals surface area contributed by atoms with Gasteiger partial charge in [0.05, 0.1) is 54.4 Å². The van der Waals surface area contributed by atoms with E-state index < -0.39 is 5.03 Å². The largest absolute Gasteiger partial charge is 0.493 e. The molecule has 68 heavy (non-hydrogen) atoms. The van der Waals surface area contributed by atoms with Gasteiger partial charge in [0.15, 0.2) is 16.7 Å². The number of nitrogens with two attached hydrogens (primary N) is 1. The van der Waals surface area contributed by atoms with Gasteiger partial charge >= 0.3 is 0 Å². The summed E-state index contributed by atoms with van der Waals surface area (Å²) in [5.41, 5.74) is 4.29. The molecular weight excluding hydrogens is 853 g/mol. The number of hydrogen-bond donors (Lipinski definition) is 3. The molecule has 14 heteroatoms. The maximum Gasteiger partial charge on any atom is 0.193 e. The summed E-state index contributed by atoms with van der Waals surface area (Å²) in [6.45, 7) is 5.33. The number of aryl methyl sites for hydroxylation is 1. The molecule has 354 valence electrons. The molecule has 14 nitrogen and oxygen atoms in total. The number of hydrogen-bond acceptors (Lipinski definition) is 10. The third-order valence-corrected chi connectivity index (χ3v) is 7.33. The van der Waals surface area contributed by atoms with Crippen LogP contribution < -0.4 is 26.2 Å². The summed E-state index contributed by atoms with van der Waals surface area (Å²) in [7, 11) is 1.65. The van der Waals surface area contributed by atoms with Crippen LogP contribution in [0.2, 0.25) is 0 Å². The average Bonchev–Trinajstić information content (AvgIpc) is 3.89. The number of rotatable bonds is 14. The molecule has 0 saturated carbocycles. The third kappa shape index (κ3) is 25.7. The molecule has 2 aromatic carbocycles. The smallest absolute Gasteiger partial charge is 0.193 e. The Labute approximate surface area is 416 Å². The van der Waals surface area contributed by atoms with Crippen molar-refractivity contribution in [1.82, 2.24) is 25.1 Å². The normalized spacial score (nSPS) is 8.32. The van der Waals surface area contributed by atoms with E-state index in [1.165, 1.54) is 11.1 Å². The SMILES string of the molecule is C#CC#CC#CC#CC#CC#CC#CC#CC#CC#CC#CC#CC#CC.CCCC(Nc1cncc(-c2ccc(OCCCn3ccnc3)c(OC)c2)n1)c1ccccc1.NN=NN[N+](=O)[O-].[HH].[HH].[HH].[HH].[HH].[HH].[HH].[HH].[HH].[HH].[HH].[HH].[HH]. The lowest BCUT2D eigenvalue weighted by Crippen LogP contribution is -2.13. The second-order valence-electron chi connectivity index (χ2n) is 11.9. The summed E-state index contributed by atoms with van der Waals surface area (Å²) in [5, 5.41) is 17.1. The molecule has 4 rings (SSSR count). The van der Waals surface area contributed by atoms with E-state index in [0.29, 0.717) is 18.1 Å². The summed E-state index contributed by atoms with van der Waals surface area (Å²) >= 11 is 0. The van der Waals surface area contributed by atoms with E-state index in [9.17, 15) is 10.1 Å². The van der Waals surface area contributed by atoms with Crippen LogP contribution in [0.3, 0.4) is 0 Å². The van der Waals surface area contributed by atoms with Crippen molar-refractivity contribution in [2.24, 2.45) is 16.3 Å². The lowest BCUT2D eigenvalue weighted by molar-refractivity contribution is -0.546. The fourth-order valence-electron chi connectivity index (χ4n) is 4.66. The molecule has 1 atom stereocenters. The first-order valence-corrected chi connectivity index (χ1v) is 19.7. The monoisotopic (exact) mass is 917 g/mol. The maximum atomic E-state index is 9.24. The van der Waals surface area contributed by atoms with Crippen molar-refractivity contribution in [2.45, 2.75) is 45.7 Å². The second-order valence-corrected chi connectivity index (χ2v) is 11.9. The molecule has 0 bridgehead atoms. The molecular formula is C54H64N10O4.